The Bertz CT molecular complexity index is 402. The van der Waals surface area contributed by atoms with Gasteiger partial charge in [0.25, 0.3) is 0 Å². The molecule has 1 rings (SSSR count). The molecule has 3 heteroatoms. The Morgan fingerprint density at radius 3 is 2.33 bits per heavy atom. The predicted molar refractivity (Wildman–Crippen MR) is 74.8 cm³/mol. The van der Waals surface area contributed by atoms with Crippen LogP contribution in [0.4, 0.5) is 0 Å². The number of aliphatic hydroxyl groups is 1. The lowest BCUT2D eigenvalue weighted by Gasteiger charge is -2.27. The third-order valence-corrected chi connectivity index (χ3v) is 3.54. The van der Waals surface area contributed by atoms with Gasteiger partial charge in [-0.25, -0.2) is 0 Å². The zero-order valence-electron chi connectivity index (χ0n) is 12.0. The van der Waals surface area contributed by atoms with Crippen molar-refractivity contribution in [1.82, 2.24) is 0 Å². The molecule has 0 amide bonds. The van der Waals surface area contributed by atoms with Crippen LogP contribution < -0.4 is 10.5 Å². The largest absolute Gasteiger partial charge is 0.496 e. The predicted octanol–water partition coefficient (Wildman–Crippen LogP) is 2.58. The zero-order valence-corrected chi connectivity index (χ0v) is 12.0. The van der Waals surface area contributed by atoms with Crippen LogP contribution in [-0.4, -0.2) is 18.8 Å². The molecule has 0 fully saturated rings. The maximum absolute atomic E-state index is 9.51. The molecule has 0 saturated heterocycles. The van der Waals surface area contributed by atoms with Crippen LogP contribution in [0.1, 0.15) is 36.6 Å². The lowest BCUT2D eigenvalue weighted by atomic mass is 9.84. The number of nitrogens with two attached hydrogens (primary N) is 1. The molecule has 102 valence electrons. The summed E-state index contributed by atoms with van der Waals surface area (Å²) in [6.07, 6.45) is 0. The number of hydrogen-bond acceptors (Lipinski definition) is 3. The maximum atomic E-state index is 9.51. The highest BCUT2D eigenvalue weighted by Crippen LogP contribution is 2.34. The van der Waals surface area contributed by atoms with Crippen molar-refractivity contribution in [3.63, 3.8) is 0 Å². The minimum Gasteiger partial charge on any atom is -0.496 e. The Hall–Kier alpha value is -1.06. The van der Waals surface area contributed by atoms with Crippen molar-refractivity contribution in [3.05, 3.63) is 28.8 Å². The molecule has 0 aromatic heterocycles. The first-order chi connectivity index (χ1) is 8.42. The third kappa shape index (κ3) is 3.03. The molecule has 0 saturated carbocycles. The fourth-order valence-electron chi connectivity index (χ4n) is 2.48. The number of aliphatic hydroxyl groups excluding tert-OH is 1. The lowest BCUT2D eigenvalue weighted by Crippen LogP contribution is -2.29. The lowest BCUT2D eigenvalue weighted by molar-refractivity contribution is 0.164. The molecule has 0 aliphatic rings. The van der Waals surface area contributed by atoms with Crippen molar-refractivity contribution in [2.45, 2.75) is 33.7 Å². The van der Waals surface area contributed by atoms with E-state index in [4.69, 9.17) is 10.5 Å². The Labute approximate surface area is 110 Å². The van der Waals surface area contributed by atoms with E-state index in [9.17, 15) is 5.11 Å². The van der Waals surface area contributed by atoms with Crippen LogP contribution in [0.2, 0.25) is 0 Å². The van der Waals surface area contributed by atoms with Gasteiger partial charge in [0.1, 0.15) is 5.75 Å². The molecule has 0 aliphatic carbocycles. The van der Waals surface area contributed by atoms with Crippen LogP contribution in [-0.2, 0) is 0 Å². The van der Waals surface area contributed by atoms with Crippen molar-refractivity contribution in [2.24, 2.45) is 17.6 Å². The van der Waals surface area contributed by atoms with E-state index >= 15 is 0 Å². The van der Waals surface area contributed by atoms with Crippen LogP contribution in [0, 0.1) is 25.7 Å². The van der Waals surface area contributed by atoms with Crippen LogP contribution in [0.15, 0.2) is 12.1 Å². The average molecular weight is 251 g/mol. The van der Waals surface area contributed by atoms with Crippen molar-refractivity contribution < 1.29 is 9.84 Å². The van der Waals surface area contributed by atoms with Crippen LogP contribution >= 0.6 is 0 Å². The van der Waals surface area contributed by atoms with Crippen molar-refractivity contribution in [1.29, 1.82) is 0 Å². The van der Waals surface area contributed by atoms with Crippen LogP contribution in [0.25, 0.3) is 0 Å². The molecular formula is C15H25NO2. The monoisotopic (exact) mass is 251 g/mol. The summed E-state index contributed by atoms with van der Waals surface area (Å²) in [6.45, 7) is 8.32. The highest BCUT2D eigenvalue weighted by molar-refractivity contribution is 5.45. The normalized spacial score (nSPS) is 14.7. The van der Waals surface area contributed by atoms with Gasteiger partial charge >= 0.3 is 0 Å². The smallest absolute Gasteiger partial charge is 0.126 e. The van der Waals surface area contributed by atoms with Gasteiger partial charge in [0.15, 0.2) is 0 Å². The first kappa shape index (κ1) is 15.0. The SMILES string of the molecule is COc1c(C)cc(C)cc1C(N)C(CO)C(C)C. The van der Waals surface area contributed by atoms with Crippen LogP contribution in [0.3, 0.4) is 0 Å². The first-order valence-electron chi connectivity index (χ1n) is 6.43. The summed E-state index contributed by atoms with van der Waals surface area (Å²) < 4.78 is 5.47. The molecule has 0 heterocycles. The number of methoxy groups -OCH3 is 1. The van der Waals surface area contributed by atoms with Crippen LogP contribution in [0.5, 0.6) is 5.75 Å². The number of benzene rings is 1. The van der Waals surface area contributed by atoms with E-state index in [1.54, 1.807) is 7.11 Å². The first-order valence-corrected chi connectivity index (χ1v) is 6.43. The Morgan fingerprint density at radius 2 is 1.89 bits per heavy atom. The summed E-state index contributed by atoms with van der Waals surface area (Å²) in [4.78, 5) is 0. The third-order valence-electron chi connectivity index (χ3n) is 3.54. The van der Waals surface area contributed by atoms with E-state index in [-0.39, 0.29) is 18.6 Å². The summed E-state index contributed by atoms with van der Waals surface area (Å²) in [7, 11) is 1.66. The second-order valence-corrected chi connectivity index (χ2v) is 5.32. The van der Waals surface area contributed by atoms with E-state index in [1.807, 2.05) is 13.8 Å². The number of ether oxygens (including phenoxy) is 1. The molecule has 3 nitrogen and oxygen atoms in total. The van der Waals surface area contributed by atoms with Gasteiger partial charge in [-0.1, -0.05) is 31.5 Å². The van der Waals surface area contributed by atoms with Gasteiger partial charge in [0.2, 0.25) is 0 Å². The Morgan fingerprint density at radius 1 is 1.28 bits per heavy atom. The topological polar surface area (TPSA) is 55.5 Å². The standard InChI is InChI=1S/C15H25NO2/c1-9(2)13(8-17)14(16)12-7-10(3)6-11(4)15(12)18-5/h6-7,9,13-14,17H,8,16H2,1-5H3. The molecule has 0 spiro atoms. The molecule has 2 atom stereocenters. The van der Waals surface area contributed by atoms with E-state index < -0.39 is 0 Å². The molecule has 0 aliphatic heterocycles. The molecule has 3 N–H and O–H groups in total. The summed E-state index contributed by atoms with van der Waals surface area (Å²) >= 11 is 0. The maximum Gasteiger partial charge on any atom is 0.126 e. The van der Waals surface area contributed by atoms with E-state index in [0.717, 1.165) is 16.9 Å². The van der Waals surface area contributed by atoms with Gasteiger partial charge in [-0.05, 0) is 25.3 Å². The molecule has 0 bridgehead atoms. The summed E-state index contributed by atoms with van der Waals surface area (Å²) in [5, 5.41) is 9.51. The number of aryl methyl sites for hydroxylation is 2. The molecule has 2 unspecified atom stereocenters. The Balaban J connectivity index is 3.22. The molecule has 1 aromatic carbocycles. The van der Waals surface area contributed by atoms with Gasteiger partial charge in [-0.15, -0.1) is 0 Å². The van der Waals surface area contributed by atoms with E-state index in [2.05, 4.69) is 26.0 Å². The Kier molecular flexibility index (Phi) is 5.17. The van der Waals surface area contributed by atoms with E-state index in [0.29, 0.717) is 5.92 Å². The van der Waals surface area contributed by atoms with Gasteiger partial charge < -0.3 is 15.6 Å². The highest BCUT2D eigenvalue weighted by Gasteiger charge is 2.25. The molecular weight excluding hydrogens is 226 g/mol. The zero-order chi connectivity index (χ0) is 13.9. The van der Waals surface area contributed by atoms with E-state index in [1.165, 1.54) is 5.56 Å². The molecule has 18 heavy (non-hydrogen) atoms. The van der Waals surface area contributed by atoms with Gasteiger partial charge in [-0.3, -0.25) is 0 Å². The minimum absolute atomic E-state index is 0.0418. The van der Waals surface area contributed by atoms with Gasteiger partial charge in [-0.2, -0.15) is 0 Å². The molecule has 1 aromatic rings. The summed E-state index contributed by atoms with van der Waals surface area (Å²) in [6, 6.07) is 3.93. The minimum atomic E-state index is -0.205. The molecule has 0 radical (unpaired) electrons. The van der Waals surface area contributed by atoms with Gasteiger partial charge in [0, 0.05) is 24.1 Å². The average Bonchev–Trinajstić information content (AvgIpc) is 2.28. The summed E-state index contributed by atoms with van der Waals surface area (Å²) in [5.74, 6) is 1.21. The van der Waals surface area contributed by atoms with Crippen molar-refractivity contribution >= 4 is 0 Å². The fourth-order valence-corrected chi connectivity index (χ4v) is 2.48. The second-order valence-electron chi connectivity index (χ2n) is 5.32. The second kappa shape index (κ2) is 6.21. The quantitative estimate of drug-likeness (QED) is 0.845. The fraction of sp³-hybridized carbons (Fsp3) is 0.600. The van der Waals surface area contributed by atoms with Gasteiger partial charge in [0.05, 0.1) is 7.11 Å². The van der Waals surface area contributed by atoms with Crippen molar-refractivity contribution in [2.75, 3.05) is 13.7 Å². The number of hydrogen-bond donors (Lipinski definition) is 2. The summed E-state index contributed by atoms with van der Waals surface area (Å²) in [5.41, 5.74) is 9.57. The number of rotatable bonds is 5. The van der Waals surface area contributed by atoms with Crippen molar-refractivity contribution in [3.8, 4) is 5.75 Å². The highest BCUT2D eigenvalue weighted by atomic mass is 16.5.